The molecule has 0 unspecified atom stereocenters. The van der Waals surface area contributed by atoms with Gasteiger partial charge in [-0.25, -0.2) is 31.7 Å². The minimum absolute atomic E-state index is 0.0236. The summed E-state index contributed by atoms with van der Waals surface area (Å²) in [4.78, 5) is 17.5. The van der Waals surface area contributed by atoms with Gasteiger partial charge in [-0.15, -0.1) is 11.3 Å². The first-order valence-electron chi connectivity index (χ1n) is 9.27. The quantitative estimate of drug-likeness (QED) is 0.421. The Morgan fingerprint density at radius 2 is 1.42 bits per heavy atom. The standard InChI is InChI=1S/C22H14F3N3O3S2/c23-14-5-1-13(2-6-14)20-19(12-3-7-18(8-4-12)33(26,30)31)28-22(32-20)21(29)27-17-10-15(24)9-16(25)11-17/h1-11H,(H,27,29)(H2,26,30,31). The highest BCUT2D eigenvalue weighted by atomic mass is 32.2. The number of hydrogen-bond acceptors (Lipinski definition) is 5. The van der Waals surface area contributed by atoms with Crippen LogP contribution in [0.25, 0.3) is 21.7 Å². The number of nitrogens with zero attached hydrogens (tertiary/aromatic N) is 1. The zero-order valence-electron chi connectivity index (χ0n) is 16.6. The third-order valence-electron chi connectivity index (χ3n) is 4.50. The predicted molar refractivity (Wildman–Crippen MR) is 119 cm³/mol. The van der Waals surface area contributed by atoms with Crippen LogP contribution in [-0.4, -0.2) is 19.3 Å². The van der Waals surface area contributed by atoms with Crippen molar-refractivity contribution in [3.63, 3.8) is 0 Å². The van der Waals surface area contributed by atoms with Gasteiger partial charge in [-0.3, -0.25) is 4.79 Å². The average molecular weight is 490 g/mol. The van der Waals surface area contributed by atoms with E-state index in [1.165, 1.54) is 48.5 Å². The van der Waals surface area contributed by atoms with Crippen molar-refractivity contribution in [1.29, 1.82) is 0 Å². The molecule has 33 heavy (non-hydrogen) atoms. The van der Waals surface area contributed by atoms with Gasteiger partial charge in [-0.05, 0) is 42.0 Å². The zero-order chi connectivity index (χ0) is 23.8. The van der Waals surface area contributed by atoms with Crippen LogP contribution >= 0.6 is 11.3 Å². The number of halogens is 3. The number of benzene rings is 3. The van der Waals surface area contributed by atoms with Crippen molar-refractivity contribution >= 4 is 33.0 Å². The van der Waals surface area contributed by atoms with Crippen molar-refractivity contribution in [3.05, 3.63) is 89.2 Å². The second kappa shape index (κ2) is 8.77. The van der Waals surface area contributed by atoms with Gasteiger partial charge in [0.25, 0.3) is 5.91 Å². The maximum absolute atomic E-state index is 13.5. The van der Waals surface area contributed by atoms with Gasteiger partial charge in [0.05, 0.1) is 15.5 Å². The van der Waals surface area contributed by atoms with Gasteiger partial charge in [-0.1, -0.05) is 24.3 Å². The van der Waals surface area contributed by atoms with E-state index in [2.05, 4.69) is 10.3 Å². The number of primary sulfonamides is 1. The van der Waals surface area contributed by atoms with Gasteiger partial charge in [0.1, 0.15) is 17.5 Å². The fourth-order valence-corrected chi connectivity index (χ4v) is 4.53. The van der Waals surface area contributed by atoms with E-state index in [0.29, 0.717) is 27.8 Å². The molecular formula is C22H14F3N3O3S2. The van der Waals surface area contributed by atoms with Gasteiger partial charge < -0.3 is 5.32 Å². The van der Waals surface area contributed by atoms with E-state index in [1.54, 1.807) is 0 Å². The van der Waals surface area contributed by atoms with Crippen molar-refractivity contribution in [3.8, 4) is 21.7 Å². The highest BCUT2D eigenvalue weighted by molar-refractivity contribution is 7.89. The summed E-state index contributed by atoms with van der Waals surface area (Å²) < 4.78 is 63.4. The van der Waals surface area contributed by atoms with E-state index in [4.69, 9.17) is 5.14 Å². The summed E-state index contributed by atoms with van der Waals surface area (Å²) in [5.74, 6) is -2.87. The molecule has 0 aliphatic rings. The number of nitrogens with two attached hydrogens (primary N) is 1. The van der Waals surface area contributed by atoms with Crippen molar-refractivity contribution in [2.24, 2.45) is 5.14 Å². The van der Waals surface area contributed by atoms with Crippen molar-refractivity contribution in [2.75, 3.05) is 5.32 Å². The number of rotatable bonds is 5. The largest absolute Gasteiger partial charge is 0.320 e. The minimum atomic E-state index is -3.90. The van der Waals surface area contributed by atoms with Crippen LogP contribution in [0.3, 0.4) is 0 Å². The molecule has 168 valence electrons. The summed E-state index contributed by atoms with van der Waals surface area (Å²) in [6, 6.07) is 13.7. The topological polar surface area (TPSA) is 102 Å². The summed E-state index contributed by atoms with van der Waals surface area (Å²) in [6.07, 6.45) is 0. The van der Waals surface area contributed by atoms with Crippen LogP contribution in [0.15, 0.2) is 71.6 Å². The third kappa shape index (κ3) is 5.11. The molecule has 0 atom stereocenters. The lowest BCUT2D eigenvalue weighted by atomic mass is 10.1. The number of hydrogen-bond donors (Lipinski definition) is 2. The first kappa shape index (κ1) is 22.6. The molecule has 0 saturated heterocycles. The van der Waals surface area contributed by atoms with Crippen LogP contribution in [0, 0.1) is 17.5 Å². The highest BCUT2D eigenvalue weighted by Gasteiger charge is 2.20. The van der Waals surface area contributed by atoms with Gasteiger partial charge in [0.2, 0.25) is 10.0 Å². The monoisotopic (exact) mass is 489 g/mol. The summed E-state index contributed by atoms with van der Waals surface area (Å²) in [7, 11) is -3.90. The molecular weight excluding hydrogens is 475 g/mol. The summed E-state index contributed by atoms with van der Waals surface area (Å²) in [5.41, 5.74) is 1.29. The normalized spacial score (nSPS) is 11.4. The van der Waals surface area contributed by atoms with Crippen LogP contribution in [0.1, 0.15) is 9.80 Å². The SMILES string of the molecule is NS(=O)(=O)c1ccc(-c2nc(C(=O)Nc3cc(F)cc(F)c3)sc2-c2ccc(F)cc2)cc1. The lowest BCUT2D eigenvalue weighted by Gasteiger charge is -2.04. The number of carbonyl (C=O) groups is 1. The van der Waals surface area contributed by atoms with Crippen molar-refractivity contribution in [2.45, 2.75) is 4.90 Å². The van der Waals surface area contributed by atoms with Gasteiger partial charge >= 0.3 is 0 Å². The molecule has 11 heteroatoms. The van der Waals surface area contributed by atoms with Gasteiger partial charge in [-0.2, -0.15) is 0 Å². The predicted octanol–water partition coefficient (Wildman–Crippen LogP) is 4.79. The van der Waals surface area contributed by atoms with E-state index in [9.17, 15) is 26.4 Å². The number of nitrogens with one attached hydrogen (secondary N) is 1. The molecule has 0 aliphatic carbocycles. The molecule has 0 spiro atoms. The number of anilines is 1. The molecule has 0 bridgehead atoms. The first-order chi connectivity index (χ1) is 15.6. The van der Waals surface area contributed by atoms with Crippen LogP contribution in [0.4, 0.5) is 18.9 Å². The number of aromatic nitrogens is 1. The second-order valence-electron chi connectivity index (χ2n) is 6.89. The molecule has 1 aromatic heterocycles. The maximum Gasteiger partial charge on any atom is 0.284 e. The smallest absolute Gasteiger partial charge is 0.284 e. The Morgan fingerprint density at radius 3 is 2.00 bits per heavy atom. The van der Waals surface area contributed by atoms with Crippen LogP contribution in [-0.2, 0) is 10.0 Å². The van der Waals surface area contributed by atoms with E-state index in [-0.39, 0.29) is 15.6 Å². The molecule has 6 nitrogen and oxygen atoms in total. The Balaban J connectivity index is 1.76. The Labute approximate surface area is 190 Å². The summed E-state index contributed by atoms with van der Waals surface area (Å²) in [6.45, 7) is 0. The van der Waals surface area contributed by atoms with Crippen molar-refractivity contribution in [1.82, 2.24) is 4.98 Å². The lowest BCUT2D eigenvalue weighted by molar-refractivity contribution is 0.102. The fraction of sp³-hybridized carbons (Fsp3) is 0. The zero-order valence-corrected chi connectivity index (χ0v) is 18.2. The maximum atomic E-state index is 13.5. The summed E-state index contributed by atoms with van der Waals surface area (Å²) in [5, 5.41) is 7.51. The number of amides is 1. The fourth-order valence-electron chi connectivity index (χ4n) is 3.02. The van der Waals surface area contributed by atoms with Crippen LogP contribution in [0.5, 0.6) is 0 Å². The van der Waals surface area contributed by atoms with Crippen LogP contribution < -0.4 is 10.5 Å². The van der Waals surface area contributed by atoms with E-state index in [1.807, 2.05) is 0 Å². The highest BCUT2D eigenvalue weighted by Crippen LogP contribution is 2.37. The van der Waals surface area contributed by atoms with Gasteiger partial charge in [0, 0.05) is 17.3 Å². The molecule has 0 saturated carbocycles. The first-order valence-corrected chi connectivity index (χ1v) is 11.6. The number of carbonyl (C=O) groups excluding carboxylic acids is 1. The van der Waals surface area contributed by atoms with E-state index >= 15 is 0 Å². The Kier molecular flexibility index (Phi) is 6.02. The molecule has 4 rings (SSSR count). The lowest BCUT2D eigenvalue weighted by Crippen LogP contribution is -2.12. The third-order valence-corrected chi connectivity index (χ3v) is 6.54. The second-order valence-corrected chi connectivity index (χ2v) is 9.45. The minimum Gasteiger partial charge on any atom is -0.320 e. The molecule has 0 fully saturated rings. The molecule has 1 heterocycles. The molecule has 4 aromatic rings. The van der Waals surface area contributed by atoms with E-state index < -0.39 is 33.4 Å². The Bertz CT molecular complexity index is 1430. The van der Waals surface area contributed by atoms with Crippen LogP contribution in [0.2, 0.25) is 0 Å². The molecule has 1 amide bonds. The number of sulfonamides is 1. The summed E-state index contributed by atoms with van der Waals surface area (Å²) >= 11 is 0.983. The average Bonchev–Trinajstić information content (AvgIpc) is 3.19. The van der Waals surface area contributed by atoms with E-state index in [0.717, 1.165) is 23.5 Å². The Morgan fingerprint density at radius 1 is 0.848 bits per heavy atom. The van der Waals surface area contributed by atoms with Gasteiger partial charge in [0.15, 0.2) is 5.01 Å². The molecule has 3 aromatic carbocycles. The number of thiazole rings is 1. The molecule has 0 radical (unpaired) electrons. The Hall–Kier alpha value is -3.54. The molecule has 3 N–H and O–H groups in total. The molecule has 0 aliphatic heterocycles. The van der Waals surface area contributed by atoms with Crippen molar-refractivity contribution < 1.29 is 26.4 Å².